The summed E-state index contributed by atoms with van der Waals surface area (Å²) in [6.45, 7) is 1.96. The SMILES string of the molecule is Cl.NC1C2CCC(C2)C1C(=O)N1CCN(C(=O)c2ccc([N+](=O)[O-])cc2)CC1. The van der Waals surface area contributed by atoms with E-state index in [4.69, 9.17) is 5.73 Å². The lowest BCUT2D eigenvalue weighted by Crippen LogP contribution is -2.54. The molecule has 2 N–H and O–H groups in total. The zero-order valence-corrected chi connectivity index (χ0v) is 16.3. The molecule has 2 amide bonds. The van der Waals surface area contributed by atoms with Gasteiger partial charge in [0.25, 0.3) is 11.6 Å². The molecule has 1 heterocycles. The average molecular weight is 409 g/mol. The van der Waals surface area contributed by atoms with Crippen molar-refractivity contribution in [2.24, 2.45) is 23.5 Å². The van der Waals surface area contributed by atoms with Crippen LogP contribution < -0.4 is 5.73 Å². The Morgan fingerprint density at radius 2 is 1.57 bits per heavy atom. The molecule has 4 unspecified atom stereocenters. The molecule has 1 aromatic rings. The van der Waals surface area contributed by atoms with Crippen LogP contribution in [-0.2, 0) is 4.79 Å². The summed E-state index contributed by atoms with van der Waals surface area (Å²) in [5.74, 6) is 0.859. The number of nitrogens with two attached hydrogens (primary N) is 1. The lowest BCUT2D eigenvalue weighted by atomic mass is 9.84. The van der Waals surface area contributed by atoms with E-state index in [0.717, 1.165) is 19.3 Å². The second-order valence-corrected chi connectivity index (χ2v) is 7.86. The van der Waals surface area contributed by atoms with E-state index in [2.05, 4.69) is 0 Å². The first-order chi connectivity index (χ1) is 13.0. The average Bonchev–Trinajstić information content (AvgIpc) is 3.28. The van der Waals surface area contributed by atoms with Gasteiger partial charge in [-0.05, 0) is 43.2 Å². The van der Waals surface area contributed by atoms with Crippen molar-refractivity contribution in [3.63, 3.8) is 0 Å². The molecule has 1 aromatic carbocycles. The number of non-ortho nitro benzene ring substituents is 1. The Morgan fingerprint density at radius 3 is 2.11 bits per heavy atom. The molecule has 2 aliphatic carbocycles. The number of nitrogens with zero attached hydrogens (tertiary/aromatic N) is 3. The lowest BCUT2D eigenvalue weighted by Gasteiger charge is -2.38. The monoisotopic (exact) mass is 408 g/mol. The van der Waals surface area contributed by atoms with Crippen LogP contribution in [0.15, 0.2) is 24.3 Å². The summed E-state index contributed by atoms with van der Waals surface area (Å²) in [7, 11) is 0. The van der Waals surface area contributed by atoms with Gasteiger partial charge in [0.1, 0.15) is 0 Å². The van der Waals surface area contributed by atoms with Gasteiger partial charge < -0.3 is 15.5 Å². The largest absolute Gasteiger partial charge is 0.339 e. The molecule has 2 saturated carbocycles. The first-order valence-corrected chi connectivity index (χ1v) is 9.54. The molecule has 2 bridgehead atoms. The number of carbonyl (C=O) groups is 2. The fraction of sp³-hybridized carbons (Fsp3) is 0.579. The van der Waals surface area contributed by atoms with Gasteiger partial charge in [0, 0.05) is 49.9 Å². The fourth-order valence-electron chi connectivity index (χ4n) is 4.95. The van der Waals surface area contributed by atoms with Gasteiger partial charge in [-0.25, -0.2) is 0 Å². The highest BCUT2D eigenvalue weighted by Crippen LogP contribution is 2.48. The first kappa shape index (κ1) is 20.5. The van der Waals surface area contributed by atoms with Gasteiger partial charge in [-0.2, -0.15) is 0 Å². The smallest absolute Gasteiger partial charge is 0.269 e. The Morgan fingerprint density at radius 1 is 1.00 bits per heavy atom. The molecule has 3 aliphatic rings. The molecular weight excluding hydrogens is 384 g/mol. The van der Waals surface area contributed by atoms with E-state index in [1.165, 1.54) is 24.3 Å². The molecule has 3 fully saturated rings. The Balaban J connectivity index is 0.00000225. The third-order valence-electron chi connectivity index (χ3n) is 6.47. The summed E-state index contributed by atoms with van der Waals surface area (Å²) in [6, 6.07) is 5.61. The zero-order chi connectivity index (χ0) is 19.1. The normalized spacial score (nSPS) is 28.8. The number of hydrogen-bond donors (Lipinski definition) is 1. The van der Waals surface area contributed by atoms with E-state index in [1.54, 1.807) is 4.90 Å². The Hall–Kier alpha value is -2.19. The second kappa shape index (κ2) is 8.05. The van der Waals surface area contributed by atoms with Crippen LogP contribution >= 0.6 is 12.4 Å². The third-order valence-corrected chi connectivity index (χ3v) is 6.47. The summed E-state index contributed by atoms with van der Waals surface area (Å²) in [6.07, 6.45) is 3.33. The molecule has 8 nitrogen and oxygen atoms in total. The molecule has 9 heteroatoms. The minimum absolute atomic E-state index is 0. The molecule has 0 spiro atoms. The van der Waals surface area contributed by atoms with Gasteiger partial charge in [-0.3, -0.25) is 19.7 Å². The van der Waals surface area contributed by atoms with Crippen LogP contribution in [0.2, 0.25) is 0 Å². The quantitative estimate of drug-likeness (QED) is 0.604. The fourth-order valence-corrected chi connectivity index (χ4v) is 4.95. The van der Waals surface area contributed by atoms with Gasteiger partial charge >= 0.3 is 0 Å². The van der Waals surface area contributed by atoms with Gasteiger partial charge in [0.15, 0.2) is 0 Å². The van der Waals surface area contributed by atoms with Crippen LogP contribution in [-0.4, -0.2) is 58.8 Å². The summed E-state index contributed by atoms with van der Waals surface area (Å²) < 4.78 is 0. The summed E-state index contributed by atoms with van der Waals surface area (Å²) in [5.41, 5.74) is 6.69. The van der Waals surface area contributed by atoms with Crippen molar-refractivity contribution in [2.75, 3.05) is 26.2 Å². The molecule has 1 saturated heterocycles. The minimum Gasteiger partial charge on any atom is -0.339 e. The molecule has 1 aliphatic heterocycles. The van der Waals surface area contributed by atoms with Gasteiger partial charge in [-0.1, -0.05) is 0 Å². The highest BCUT2D eigenvalue weighted by atomic mass is 35.5. The molecule has 4 rings (SSSR count). The maximum Gasteiger partial charge on any atom is 0.269 e. The number of halogens is 1. The summed E-state index contributed by atoms with van der Waals surface area (Å²) in [4.78, 5) is 39.3. The predicted molar refractivity (Wildman–Crippen MR) is 105 cm³/mol. The van der Waals surface area contributed by atoms with E-state index in [9.17, 15) is 19.7 Å². The third kappa shape index (κ3) is 3.58. The number of benzene rings is 1. The second-order valence-electron chi connectivity index (χ2n) is 7.86. The van der Waals surface area contributed by atoms with E-state index < -0.39 is 4.92 Å². The van der Waals surface area contributed by atoms with Crippen molar-refractivity contribution in [2.45, 2.75) is 25.3 Å². The van der Waals surface area contributed by atoms with Crippen molar-refractivity contribution in [3.8, 4) is 0 Å². The number of nitro benzene ring substituents is 1. The van der Waals surface area contributed by atoms with Crippen LogP contribution in [0.4, 0.5) is 5.69 Å². The standard InChI is InChI=1S/C19H24N4O4.ClH/c20-17-14-2-1-13(11-14)16(17)19(25)22-9-7-21(8-10-22)18(24)12-3-5-15(6-4-12)23(26)27;/h3-6,13-14,16-17H,1-2,7-11,20H2;1H. The number of piperazine rings is 1. The van der Waals surface area contributed by atoms with Gasteiger partial charge in [-0.15, -0.1) is 12.4 Å². The highest BCUT2D eigenvalue weighted by molar-refractivity contribution is 5.94. The Bertz CT molecular complexity index is 762. The van der Waals surface area contributed by atoms with Gasteiger partial charge in [0.2, 0.25) is 5.91 Å². The van der Waals surface area contributed by atoms with Crippen LogP contribution in [0.5, 0.6) is 0 Å². The van der Waals surface area contributed by atoms with Crippen LogP contribution in [0, 0.1) is 27.9 Å². The Kier molecular flexibility index (Phi) is 5.90. The van der Waals surface area contributed by atoms with Crippen molar-refractivity contribution in [3.05, 3.63) is 39.9 Å². The topological polar surface area (TPSA) is 110 Å². The number of nitro groups is 1. The molecular formula is C19H25ClN4O4. The van der Waals surface area contributed by atoms with Crippen molar-refractivity contribution in [1.82, 2.24) is 9.80 Å². The van der Waals surface area contributed by atoms with E-state index in [1.807, 2.05) is 4.90 Å². The van der Waals surface area contributed by atoms with Crippen LogP contribution in [0.25, 0.3) is 0 Å². The maximum absolute atomic E-state index is 12.9. The number of rotatable bonds is 3. The number of fused-ring (bicyclic) bond motifs is 2. The van der Waals surface area contributed by atoms with Crippen LogP contribution in [0.1, 0.15) is 29.6 Å². The van der Waals surface area contributed by atoms with Crippen molar-refractivity contribution < 1.29 is 14.5 Å². The molecule has 28 heavy (non-hydrogen) atoms. The Labute approximate surface area is 169 Å². The maximum atomic E-state index is 12.9. The number of hydrogen-bond acceptors (Lipinski definition) is 5. The predicted octanol–water partition coefficient (Wildman–Crippen LogP) is 1.67. The summed E-state index contributed by atoms with van der Waals surface area (Å²) in [5, 5.41) is 10.7. The number of amides is 2. The lowest BCUT2D eigenvalue weighted by molar-refractivity contribution is -0.384. The van der Waals surface area contributed by atoms with Crippen molar-refractivity contribution >= 4 is 29.9 Å². The number of carbonyl (C=O) groups excluding carboxylic acids is 2. The summed E-state index contributed by atoms with van der Waals surface area (Å²) >= 11 is 0. The molecule has 0 aromatic heterocycles. The van der Waals surface area contributed by atoms with Crippen molar-refractivity contribution in [1.29, 1.82) is 0 Å². The zero-order valence-electron chi connectivity index (χ0n) is 15.5. The van der Waals surface area contributed by atoms with E-state index in [-0.39, 0.29) is 41.9 Å². The molecule has 4 atom stereocenters. The van der Waals surface area contributed by atoms with E-state index in [0.29, 0.717) is 43.6 Å². The van der Waals surface area contributed by atoms with E-state index >= 15 is 0 Å². The molecule has 152 valence electrons. The molecule has 0 radical (unpaired) electrons. The minimum atomic E-state index is -0.487. The van der Waals surface area contributed by atoms with Crippen LogP contribution in [0.3, 0.4) is 0 Å². The highest BCUT2D eigenvalue weighted by Gasteiger charge is 2.50. The first-order valence-electron chi connectivity index (χ1n) is 9.54. The van der Waals surface area contributed by atoms with Gasteiger partial charge in [0.05, 0.1) is 10.8 Å².